The zero-order valence-corrected chi connectivity index (χ0v) is 26.1. The first-order chi connectivity index (χ1) is 22.6. The molecule has 0 aliphatic heterocycles. The molecule has 46 heavy (non-hydrogen) atoms. The van der Waals surface area contributed by atoms with Gasteiger partial charge in [-0.15, -0.1) is 0 Å². The van der Waals surface area contributed by atoms with Crippen LogP contribution in [0.5, 0.6) is 0 Å². The summed E-state index contributed by atoms with van der Waals surface area (Å²) < 4.78 is 2.52. The van der Waals surface area contributed by atoms with Crippen LogP contribution in [0, 0.1) is 0 Å². The van der Waals surface area contributed by atoms with Gasteiger partial charge in [0.15, 0.2) is 11.6 Å². The number of aromatic nitrogens is 4. The van der Waals surface area contributed by atoms with Crippen LogP contribution in [0.1, 0.15) is 56.0 Å². The predicted molar refractivity (Wildman–Crippen MR) is 189 cm³/mol. The molecule has 0 amide bonds. The number of allylic oxidation sites excluding steroid dienone is 2. The molecule has 2 aromatic heterocycles. The topological polar surface area (TPSA) is 43.6 Å². The van der Waals surface area contributed by atoms with E-state index in [0.717, 1.165) is 47.9 Å². The number of para-hydroxylation sites is 1. The lowest BCUT2D eigenvalue weighted by Gasteiger charge is -2.24. The van der Waals surface area contributed by atoms with Crippen LogP contribution >= 0.6 is 0 Å². The first-order valence-electron chi connectivity index (χ1n) is 16.3. The molecule has 2 aliphatic rings. The molecule has 0 bridgehead atoms. The Hall–Kier alpha value is -5.35. The van der Waals surface area contributed by atoms with Gasteiger partial charge in [-0.05, 0) is 59.7 Å². The summed E-state index contributed by atoms with van der Waals surface area (Å²) in [5.41, 5.74) is 11.3. The van der Waals surface area contributed by atoms with Gasteiger partial charge in [0.05, 0.1) is 11.0 Å². The van der Waals surface area contributed by atoms with Gasteiger partial charge < -0.3 is 4.57 Å². The van der Waals surface area contributed by atoms with E-state index in [1.54, 1.807) is 0 Å². The predicted octanol–water partition coefficient (Wildman–Crippen LogP) is 10.4. The van der Waals surface area contributed by atoms with Crippen LogP contribution in [0.2, 0.25) is 0 Å². The Kier molecular flexibility index (Phi) is 6.08. The van der Waals surface area contributed by atoms with Crippen molar-refractivity contribution in [2.24, 2.45) is 0 Å². The van der Waals surface area contributed by atoms with Crippen LogP contribution in [-0.2, 0) is 5.41 Å². The number of fused-ring (bicyclic) bond motifs is 6. The molecule has 0 fully saturated rings. The van der Waals surface area contributed by atoms with Gasteiger partial charge in [-0.1, -0.05) is 123 Å². The van der Waals surface area contributed by atoms with Crippen LogP contribution in [0.25, 0.3) is 61.4 Å². The van der Waals surface area contributed by atoms with E-state index < -0.39 is 0 Å². The van der Waals surface area contributed by atoms with E-state index in [1.165, 1.54) is 49.8 Å². The fourth-order valence-electron chi connectivity index (χ4n) is 7.76. The van der Waals surface area contributed by atoms with Crippen molar-refractivity contribution in [2.75, 3.05) is 0 Å². The van der Waals surface area contributed by atoms with E-state index in [4.69, 9.17) is 15.0 Å². The summed E-state index contributed by atoms with van der Waals surface area (Å²) >= 11 is 0. The number of nitrogens with zero attached hydrogens (tertiary/aromatic N) is 4. The minimum absolute atomic E-state index is 0.0581. The Bertz CT molecular complexity index is 2250. The summed E-state index contributed by atoms with van der Waals surface area (Å²) in [6, 6.07) is 43.2. The minimum Gasteiger partial charge on any atom is -0.313 e. The lowest BCUT2D eigenvalue weighted by molar-refractivity contribution is 0.622. The lowest BCUT2D eigenvalue weighted by atomic mass is 9.82. The molecular formula is C42H34N4. The van der Waals surface area contributed by atoms with Gasteiger partial charge in [0.2, 0.25) is 0 Å². The lowest BCUT2D eigenvalue weighted by Crippen LogP contribution is -2.15. The second-order valence-corrected chi connectivity index (χ2v) is 13.2. The Balaban J connectivity index is 1.23. The quantitative estimate of drug-likeness (QED) is 0.204. The molecule has 7 aromatic rings. The third kappa shape index (κ3) is 4.17. The van der Waals surface area contributed by atoms with Crippen LogP contribution < -0.4 is 0 Å². The van der Waals surface area contributed by atoms with Gasteiger partial charge in [0.25, 0.3) is 0 Å². The van der Waals surface area contributed by atoms with Crippen LogP contribution in [-0.4, -0.2) is 19.5 Å². The van der Waals surface area contributed by atoms with Gasteiger partial charge >= 0.3 is 0 Å². The molecule has 1 unspecified atom stereocenters. The molecule has 0 spiro atoms. The van der Waals surface area contributed by atoms with Crippen molar-refractivity contribution in [3.05, 3.63) is 144 Å². The summed E-state index contributed by atoms with van der Waals surface area (Å²) in [7, 11) is 0. The maximum atomic E-state index is 5.11. The van der Waals surface area contributed by atoms with Crippen molar-refractivity contribution >= 4 is 27.5 Å². The highest BCUT2D eigenvalue weighted by Crippen LogP contribution is 2.51. The Morgan fingerprint density at radius 3 is 2.00 bits per heavy atom. The zero-order chi connectivity index (χ0) is 30.8. The van der Waals surface area contributed by atoms with E-state index in [2.05, 4.69) is 109 Å². The SMILES string of the molecule is CC1(C)c2ccccc2-c2cc3c4ccccc4n(C4=CC(c5nc(-c6ccccc6)nc(-c6ccccc6)n5)CCC4)c3cc21. The van der Waals surface area contributed by atoms with Gasteiger partial charge in [-0.25, -0.2) is 15.0 Å². The van der Waals surface area contributed by atoms with Crippen LogP contribution in [0.15, 0.2) is 127 Å². The highest BCUT2D eigenvalue weighted by molar-refractivity contribution is 6.12. The van der Waals surface area contributed by atoms with E-state index in [9.17, 15) is 0 Å². The van der Waals surface area contributed by atoms with Crippen LogP contribution in [0.4, 0.5) is 0 Å². The average molecular weight is 595 g/mol. The van der Waals surface area contributed by atoms with E-state index >= 15 is 0 Å². The molecule has 9 rings (SSSR count). The molecular weight excluding hydrogens is 560 g/mol. The summed E-state index contributed by atoms with van der Waals surface area (Å²) in [5.74, 6) is 2.37. The smallest absolute Gasteiger partial charge is 0.163 e. The Labute approximate surface area is 269 Å². The van der Waals surface area contributed by atoms with Gasteiger partial charge in [-0.2, -0.15) is 0 Å². The maximum absolute atomic E-state index is 5.11. The van der Waals surface area contributed by atoms with Gasteiger partial charge in [-0.3, -0.25) is 0 Å². The van der Waals surface area contributed by atoms with Gasteiger partial charge in [0.1, 0.15) is 5.82 Å². The highest BCUT2D eigenvalue weighted by Gasteiger charge is 2.36. The molecule has 5 aromatic carbocycles. The second kappa shape index (κ2) is 10.3. The molecule has 0 radical (unpaired) electrons. The monoisotopic (exact) mass is 594 g/mol. The molecule has 0 saturated heterocycles. The first kappa shape index (κ1) is 27.0. The number of benzene rings is 5. The fraction of sp³-hybridized carbons (Fsp3) is 0.167. The van der Waals surface area contributed by atoms with Crippen molar-refractivity contribution in [3.8, 4) is 33.9 Å². The molecule has 2 heterocycles. The number of hydrogen-bond acceptors (Lipinski definition) is 3. The largest absolute Gasteiger partial charge is 0.313 e. The maximum Gasteiger partial charge on any atom is 0.163 e. The van der Waals surface area contributed by atoms with Crippen molar-refractivity contribution in [2.45, 2.75) is 44.4 Å². The van der Waals surface area contributed by atoms with Crippen molar-refractivity contribution < 1.29 is 0 Å². The zero-order valence-electron chi connectivity index (χ0n) is 26.1. The normalized spacial score (nSPS) is 16.7. The standard InChI is InChI=1S/C42H34N4/c1-42(2)35-22-11-9-20-31(35)33-25-34-32-21-10-12-23-37(32)46(38(34)26-36(33)42)30-19-13-18-29(24-30)41-44-39(27-14-5-3-6-15-27)43-40(45-41)28-16-7-4-8-17-28/h3-12,14-17,20-26,29H,13,18-19H2,1-2H3. The third-order valence-electron chi connectivity index (χ3n) is 10.1. The summed E-state index contributed by atoms with van der Waals surface area (Å²) in [6.07, 6.45) is 5.51. The molecule has 2 aliphatic carbocycles. The van der Waals surface area contributed by atoms with E-state index in [1.807, 2.05) is 36.4 Å². The summed E-state index contributed by atoms with van der Waals surface area (Å²) in [4.78, 5) is 15.1. The molecule has 4 nitrogen and oxygen atoms in total. The average Bonchev–Trinajstić information content (AvgIpc) is 3.56. The fourth-order valence-corrected chi connectivity index (χ4v) is 7.76. The molecule has 1 atom stereocenters. The molecule has 0 N–H and O–H groups in total. The van der Waals surface area contributed by atoms with Crippen molar-refractivity contribution in [1.29, 1.82) is 0 Å². The van der Waals surface area contributed by atoms with E-state index in [0.29, 0.717) is 0 Å². The minimum atomic E-state index is -0.0581. The Morgan fingerprint density at radius 2 is 1.26 bits per heavy atom. The molecule has 222 valence electrons. The molecule has 4 heteroatoms. The number of hydrogen-bond donors (Lipinski definition) is 0. The van der Waals surface area contributed by atoms with E-state index in [-0.39, 0.29) is 11.3 Å². The number of rotatable bonds is 4. The summed E-state index contributed by atoms with van der Waals surface area (Å²) in [6.45, 7) is 4.73. The molecule has 0 saturated carbocycles. The van der Waals surface area contributed by atoms with Crippen LogP contribution in [0.3, 0.4) is 0 Å². The first-order valence-corrected chi connectivity index (χ1v) is 16.3. The third-order valence-corrected chi connectivity index (χ3v) is 10.1. The Morgan fingerprint density at radius 1 is 0.609 bits per heavy atom. The highest BCUT2D eigenvalue weighted by atomic mass is 15.0. The van der Waals surface area contributed by atoms with Gasteiger partial charge in [0, 0.05) is 38.9 Å². The van der Waals surface area contributed by atoms with Crippen molar-refractivity contribution in [1.82, 2.24) is 19.5 Å². The summed E-state index contributed by atoms with van der Waals surface area (Å²) in [5, 5.41) is 2.60. The second-order valence-electron chi connectivity index (χ2n) is 13.2. The van der Waals surface area contributed by atoms with Crippen molar-refractivity contribution in [3.63, 3.8) is 0 Å².